The zero-order valence-corrected chi connectivity index (χ0v) is 25.2. The van der Waals surface area contributed by atoms with Gasteiger partial charge in [0.15, 0.2) is 0 Å². The van der Waals surface area contributed by atoms with Crippen LogP contribution in [0.5, 0.6) is 0 Å². The molecule has 0 aliphatic rings. The third kappa shape index (κ3) is 9.72. The van der Waals surface area contributed by atoms with Crippen LogP contribution in [0, 0.1) is 0 Å². The van der Waals surface area contributed by atoms with Gasteiger partial charge in [-0.2, -0.15) is 0 Å². The highest BCUT2D eigenvalue weighted by Gasteiger charge is 2.26. The smallest absolute Gasteiger partial charge is 0.410 e. The first kappa shape index (κ1) is 30.2. The Kier molecular flexibility index (Phi) is 12.5. The van der Waals surface area contributed by atoms with Crippen molar-refractivity contribution >= 4 is 57.5 Å². The number of carboxylic acid groups (broad SMARTS) is 1. The first-order valence-corrected chi connectivity index (χ1v) is 16.3. The monoisotopic (exact) mass is 620 g/mol. The average molecular weight is 621 g/mol. The minimum absolute atomic E-state index is 0.154. The van der Waals surface area contributed by atoms with Gasteiger partial charge in [0.1, 0.15) is 6.61 Å². The Morgan fingerprint density at radius 2 is 1.23 bits per heavy atom. The minimum atomic E-state index is -0.950. The van der Waals surface area contributed by atoms with E-state index in [0.29, 0.717) is 45.9 Å². The summed E-state index contributed by atoms with van der Waals surface area (Å²) in [5.74, 6) is 0. The average Bonchev–Trinajstić information content (AvgIpc) is 3.77. The fraction of sp³-hybridized carbons (Fsp3) is 0.357. The summed E-state index contributed by atoms with van der Waals surface area (Å²) in [5, 5.41) is 17.8. The Hall–Kier alpha value is -2.74. The zero-order valence-electron chi connectivity index (χ0n) is 21.9. The number of rotatable bonds is 17. The van der Waals surface area contributed by atoms with Gasteiger partial charge < -0.3 is 19.3 Å². The molecule has 1 N–H and O–H groups in total. The van der Waals surface area contributed by atoms with Gasteiger partial charge in [-0.05, 0) is 52.2 Å². The van der Waals surface area contributed by atoms with E-state index in [1.54, 1.807) is 50.2 Å². The predicted molar refractivity (Wildman–Crippen MR) is 160 cm³/mol. The summed E-state index contributed by atoms with van der Waals surface area (Å²) in [5.41, 5.74) is 0. The van der Waals surface area contributed by atoms with Gasteiger partial charge in [0.25, 0.3) is 0 Å². The van der Waals surface area contributed by atoms with Crippen molar-refractivity contribution in [1.29, 1.82) is 0 Å². The first-order chi connectivity index (χ1) is 19.6. The molecule has 4 aromatic rings. The molecule has 0 saturated carbocycles. The molecule has 1 atom stereocenters. The molecule has 4 rings (SSSR count). The number of carbonyl (C=O) groups excluding carboxylic acids is 1. The summed E-state index contributed by atoms with van der Waals surface area (Å²) < 4.78 is 16.8. The number of nitrogens with zero attached hydrogens (tertiary/aromatic N) is 2. The number of thiophene rings is 4. The number of carbonyl (C=O) groups is 2. The fourth-order valence-electron chi connectivity index (χ4n) is 3.98. The molecular formula is C28H32N2O6S4. The highest BCUT2D eigenvalue weighted by atomic mass is 32.1. The third-order valence-electron chi connectivity index (χ3n) is 5.87. The molecule has 0 radical (unpaired) electrons. The predicted octanol–water partition coefficient (Wildman–Crippen LogP) is 7.42. The highest BCUT2D eigenvalue weighted by Crippen LogP contribution is 2.30. The van der Waals surface area contributed by atoms with Crippen LogP contribution in [0.2, 0.25) is 0 Å². The summed E-state index contributed by atoms with van der Waals surface area (Å²) in [6.45, 7) is 2.89. The molecule has 0 aromatic carbocycles. The van der Waals surface area contributed by atoms with Crippen molar-refractivity contribution in [3.8, 4) is 0 Å². The number of amides is 2. The van der Waals surface area contributed by atoms with Gasteiger partial charge in [-0.1, -0.05) is 24.3 Å². The molecule has 0 spiro atoms. The van der Waals surface area contributed by atoms with Gasteiger partial charge in [-0.25, -0.2) is 9.59 Å². The molecular weight excluding hydrogens is 589 g/mol. The van der Waals surface area contributed by atoms with Crippen molar-refractivity contribution in [3.63, 3.8) is 0 Å². The van der Waals surface area contributed by atoms with Crippen molar-refractivity contribution in [3.05, 3.63) is 89.6 Å². The second kappa shape index (κ2) is 16.5. The van der Waals surface area contributed by atoms with Crippen LogP contribution in [-0.2, 0) is 33.8 Å². The lowest BCUT2D eigenvalue weighted by Crippen LogP contribution is -2.33. The van der Waals surface area contributed by atoms with Crippen LogP contribution in [-0.4, -0.2) is 60.1 Å². The van der Waals surface area contributed by atoms with Crippen molar-refractivity contribution in [2.45, 2.75) is 32.1 Å². The number of ether oxygens (including phenoxy) is 3. The maximum absolute atomic E-state index is 12.7. The Bertz CT molecular complexity index is 1190. The molecule has 0 aliphatic heterocycles. The van der Waals surface area contributed by atoms with E-state index in [4.69, 9.17) is 14.2 Å². The van der Waals surface area contributed by atoms with Crippen LogP contribution in [0.1, 0.15) is 32.0 Å². The van der Waals surface area contributed by atoms with Crippen LogP contribution in [0.25, 0.3) is 0 Å². The molecule has 8 nitrogen and oxygen atoms in total. The van der Waals surface area contributed by atoms with E-state index in [-0.39, 0.29) is 25.3 Å². The van der Waals surface area contributed by atoms with Crippen LogP contribution >= 0.6 is 45.3 Å². The van der Waals surface area contributed by atoms with Crippen molar-refractivity contribution in [1.82, 2.24) is 9.80 Å². The lowest BCUT2D eigenvalue weighted by molar-refractivity contribution is 0.0165. The standard InChI is InChI=1S/C28H32N2O6S4/c31-27(32)30(21-24-7-3-17-39-24)25(26-8-4-18-40-26)9-10-34-11-12-35-13-14-36-28(33)29(19-22-5-1-15-37-22)20-23-6-2-16-38-23/h1-8,15-18,25H,9-14,19-21H2,(H,31,32). The summed E-state index contributed by atoms with van der Waals surface area (Å²) >= 11 is 6.32. The first-order valence-electron chi connectivity index (χ1n) is 12.8. The Balaban J connectivity index is 1.14. The zero-order chi connectivity index (χ0) is 28.0. The van der Waals surface area contributed by atoms with E-state index >= 15 is 0 Å². The topological polar surface area (TPSA) is 88.5 Å². The van der Waals surface area contributed by atoms with Gasteiger partial charge in [-0.3, -0.25) is 9.80 Å². The molecule has 0 saturated heterocycles. The van der Waals surface area contributed by atoms with Gasteiger partial charge in [0.05, 0.1) is 45.5 Å². The molecule has 0 aliphatic carbocycles. The van der Waals surface area contributed by atoms with E-state index in [9.17, 15) is 14.7 Å². The molecule has 12 heteroatoms. The van der Waals surface area contributed by atoms with Crippen LogP contribution in [0.3, 0.4) is 0 Å². The SMILES string of the molecule is O=C(OCCOCCOCCC(c1cccs1)N(Cc1cccs1)C(=O)O)N(Cc1cccs1)Cc1cccs1. The number of hydrogen-bond donors (Lipinski definition) is 1. The normalized spacial score (nSPS) is 11.8. The minimum Gasteiger partial charge on any atom is -0.465 e. The maximum atomic E-state index is 12.7. The summed E-state index contributed by atoms with van der Waals surface area (Å²) in [6.07, 6.45) is -0.777. The Morgan fingerprint density at radius 1 is 0.700 bits per heavy atom. The summed E-state index contributed by atoms with van der Waals surface area (Å²) in [6, 6.07) is 15.4. The summed E-state index contributed by atoms with van der Waals surface area (Å²) in [4.78, 5) is 32.2. The van der Waals surface area contributed by atoms with E-state index < -0.39 is 6.09 Å². The van der Waals surface area contributed by atoms with Gasteiger partial charge in [0, 0.05) is 26.1 Å². The van der Waals surface area contributed by atoms with E-state index in [1.165, 1.54) is 4.90 Å². The van der Waals surface area contributed by atoms with Crippen LogP contribution < -0.4 is 0 Å². The Morgan fingerprint density at radius 3 is 1.75 bits per heavy atom. The molecule has 214 valence electrons. The van der Waals surface area contributed by atoms with E-state index in [2.05, 4.69) is 0 Å². The highest BCUT2D eigenvalue weighted by molar-refractivity contribution is 7.10. The molecule has 4 heterocycles. The lowest BCUT2D eigenvalue weighted by atomic mass is 10.1. The second-order valence-electron chi connectivity index (χ2n) is 8.66. The maximum Gasteiger partial charge on any atom is 0.410 e. The lowest BCUT2D eigenvalue weighted by Gasteiger charge is -2.28. The molecule has 2 amide bonds. The fourth-order valence-corrected chi connectivity index (χ4v) is 6.99. The van der Waals surface area contributed by atoms with E-state index in [0.717, 1.165) is 19.5 Å². The second-order valence-corrected chi connectivity index (χ2v) is 12.7. The van der Waals surface area contributed by atoms with E-state index in [1.807, 2.05) is 70.1 Å². The van der Waals surface area contributed by atoms with Gasteiger partial charge in [-0.15, -0.1) is 45.3 Å². The largest absolute Gasteiger partial charge is 0.465 e. The molecule has 1 unspecified atom stereocenters. The summed E-state index contributed by atoms with van der Waals surface area (Å²) in [7, 11) is 0. The van der Waals surface area contributed by atoms with Crippen LogP contribution in [0.15, 0.2) is 70.1 Å². The van der Waals surface area contributed by atoms with Crippen molar-refractivity contribution in [2.24, 2.45) is 0 Å². The van der Waals surface area contributed by atoms with Crippen molar-refractivity contribution < 1.29 is 28.9 Å². The van der Waals surface area contributed by atoms with Crippen LogP contribution in [0.4, 0.5) is 9.59 Å². The van der Waals surface area contributed by atoms with Gasteiger partial charge in [0.2, 0.25) is 0 Å². The molecule has 0 fully saturated rings. The van der Waals surface area contributed by atoms with Gasteiger partial charge >= 0.3 is 12.2 Å². The number of hydrogen-bond acceptors (Lipinski definition) is 9. The molecule has 0 bridgehead atoms. The Labute approximate surface area is 250 Å². The molecule has 4 aromatic heterocycles. The van der Waals surface area contributed by atoms with Crippen molar-refractivity contribution in [2.75, 3.05) is 33.0 Å². The molecule has 40 heavy (non-hydrogen) atoms. The third-order valence-corrected chi connectivity index (χ3v) is 9.43. The quantitative estimate of drug-likeness (QED) is 0.124.